The second kappa shape index (κ2) is 18.9. The maximum Gasteiger partial charge on any atom is 0.407 e. The van der Waals surface area contributed by atoms with E-state index < -0.39 is 47.9 Å². The smallest absolute Gasteiger partial charge is 0.407 e. The first-order valence-corrected chi connectivity index (χ1v) is 19.7. The van der Waals surface area contributed by atoms with Crippen LogP contribution in [-0.2, 0) is 28.7 Å². The molecule has 0 radical (unpaired) electrons. The van der Waals surface area contributed by atoms with E-state index in [1.54, 1.807) is 36.4 Å². The SMILES string of the molecule is COC(=O)NCC(=O)N1CCC[C@H]1C(=O)N(N)c1ccc(-c2ccc(-c3ccc(NC(=O)[C@@H]4CCCN4C(=O)C(NC(=O)OC)C(C)C)cc3)n2-c2ccc(F)cc2)cc1. The lowest BCUT2D eigenvalue weighted by atomic mass is 10.0. The molecule has 0 bridgehead atoms. The molecule has 1 aromatic heterocycles. The molecule has 16 nitrogen and oxygen atoms in total. The van der Waals surface area contributed by atoms with Crippen molar-refractivity contribution in [1.82, 2.24) is 25.0 Å². The lowest BCUT2D eigenvalue weighted by Crippen LogP contribution is -2.54. The van der Waals surface area contributed by atoms with Crippen molar-refractivity contribution in [1.29, 1.82) is 0 Å². The number of aromatic nitrogens is 1. The van der Waals surface area contributed by atoms with Crippen molar-refractivity contribution in [2.75, 3.05) is 44.2 Å². The van der Waals surface area contributed by atoms with E-state index in [4.69, 9.17) is 10.6 Å². The van der Waals surface area contributed by atoms with Crippen LogP contribution in [0.5, 0.6) is 0 Å². The highest BCUT2D eigenvalue weighted by Gasteiger charge is 2.39. The highest BCUT2D eigenvalue weighted by atomic mass is 19.1. The maximum atomic E-state index is 14.1. The Bertz CT molecular complexity index is 2210. The third-order valence-electron chi connectivity index (χ3n) is 10.8. The molecule has 4 aromatic rings. The zero-order valence-corrected chi connectivity index (χ0v) is 33.9. The molecular formula is C43H49FN8O8. The first kappa shape index (κ1) is 42.8. The van der Waals surface area contributed by atoms with E-state index in [-0.39, 0.29) is 24.3 Å². The first-order valence-electron chi connectivity index (χ1n) is 19.7. The predicted octanol–water partition coefficient (Wildman–Crippen LogP) is 4.81. The van der Waals surface area contributed by atoms with Crippen LogP contribution in [0.4, 0.5) is 25.4 Å². The van der Waals surface area contributed by atoms with Gasteiger partial charge in [0.15, 0.2) is 0 Å². The molecular weight excluding hydrogens is 776 g/mol. The standard InChI is InChI=1S/C43H49FN8O8/c1-26(2)38(48-43(58)60-4)41(56)50-24-5-7-35(50)39(54)47-30-15-9-27(10-16-30)33-21-22-34(51(33)31-19-13-29(44)14-20-31)28-11-17-32(18-12-28)52(45)40(55)36-8-6-23-49(36)37(53)25-46-42(57)59-3/h9-22,26,35-36,38H,5-8,23-25,45H2,1-4H3,(H,46,57)(H,47,54)(H,48,58)/t35-,36-,38?/m0/s1. The minimum atomic E-state index is -0.846. The minimum Gasteiger partial charge on any atom is -0.453 e. The largest absolute Gasteiger partial charge is 0.453 e. The number of methoxy groups -OCH3 is 2. The summed E-state index contributed by atoms with van der Waals surface area (Å²) in [4.78, 5) is 79.7. The Kier molecular flexibility index (Phi) is 13.5. The first-order chi connectivity index (χ1) is 28.8. The van der Waals surface area contributed by atoms with E-state index in [0.29, 0.717) is 55.8 Å². The molecule has 2 aliphatic rings. The van der Waals surface area contributed by atoms with Gasteiger partial charge in [-0.3, -0.25) is 19.2 Å². The summed E-state index contributed by atoms with van der Waals surface area (Å²) >= 11 is 0. The van der Waals surface area contributed by atoms with Crippen molar-refractivity contribution >= 4 is 47.2 Å². The Balaban J connectivity index is 1.19. The molecule has 6 rings (SSSR count). The summed E-state index contributed by atoms with van der Waals surface area (Å²) in [5, 5.41) is 8.90. The number of rotatable bonds is 12. The summed E-state index contributed by atoms with van der Waals surface area (Å²) in [6, 6.07) is 21.8. The molecule has 17 heteroatoms. The van der Waals surface area contributed by atoms with E-state index in [1.807, 2.05) is 54.8 Å². The maximum absolute atomic E-state index is 14.1. The average molecular weight is 825 g/mol. The number of ether oxygens (including phenoxy) is 2. The van der Waals surface area contributed by atoms with Crippen molar-refractivity contribution in [3.05, 3.63) is 90.7 Å². The van der Waals surface area contributed by atoms with E-state index >= 15 is 0 Å². The summed E-state index contributed by atoms with van der Waals surface area (Å²) in [5.41, 5.74) is 4.70. The molecule has 3 atom stereocenters. The monoisotopic (exact) mass is 824 g/mol. The Morgan fingerprint density at radius 3 is 1.92 bits per heavy atom. The van der Waals surface area contributed by atoms with Crippen molar-refractivity contribution in [2.45, 2.75) is 57.7 Å². The Morgan fingerprint density at radius 2 is 1.33 bits per heavy atom. The summed E-state index contributed by atoms with van der Waals surface area (Å²) in [6.07, 6.45) is 0.672. The molecule has 0 saturated carbocycles. The Hall–Kier alpha value is -6.75. The van der Waals surface area contributed by atoms with Gasteiger partial charge < -0.3 is 39.8 Å². The van der Waals surface area contributed by atoms with E-state index in [0.717, 1.165) is 27.5 Å². The summed E-state index contributed by atoms with van der Waals surface area (Å²) in [5.74, 6) is 4.13. The average Bonchev–Trinajstić information content (AvgIpc) is 4.05. The Labute approximate surface area is 346 Å². The van der Waals surface area contributed by atoms with Crippen LogP contribution in [0, 0.1) is 11.7 Å². The molecule has 6 amide bonds. The van der Waals surface area contributed by atoms with Gasteiger partial charge in [-0.05, 0) is 103 Å². The predicted molar refractivity (Wildman–Crippen MR) is 221 cm³/mol. The number of benzene rings is 3. The minimum absolute atomic E-state index is 0.229. The van der Waals surface area contributed by atoms with E-state index in [1.165, 1.54) is 36.2 Å². The number of carbonyl (C=O) groups is 6. The topological polar surface area (TPSA) is 198 Å². The number of nitrogens with zero attached hydrogens (tertiary/aromatic N) is 4. The number of carbonyl (C=O) groups excluding carboxylic acids is 6. The van der Waals surface area contributed by atoms with Gasteiger partial charge in [0.1, 0.15) is 30.5 Å². The number of nitrogens with one attached hydrogen (secondary N) is 3. The quantitative estimate of drug-likeness (QED) is 0.0880. The van der Waals surface area contributed by atoms with Gasteiger partial charge in [0.25, 0.3) is 5.91 Å². The van der Waals surface area contributed by atoms with Gasteiger partial charge in [0.2, 0.25) is 17.7 Å². The number of nitrogens with two attached hydrogens (primary N) is 1. The van der Waals surface area contributed by atoms with Crippen LogP contribution in [0.25, 0.3) is 28.2 Å². The number of hydrogen-bond acceptors (Lipinski definition) is 9. The molecule has 2 aliphatic heterocycles. The fourth-order valence-corrected chi connectivity index (χ4v) is 7.61. The van der Waals surface area contributed by atoms with Crippen LogP contribution in [0.1, 0.15) is 39.5 Å². The fraction of sp³-hybridized carbons (Fsp3) is 0.349. The third kappa shape index (κ3) is 9.41. The van der Waals surface area contributed by atoms with Gasteiger partial charge in [-0.15, -0.1) is 0 Å². The van der Waals surface area contributed by atoms with E-state index in [9.17, 15) is 33.2 Å². The number of alkyl carbamates (subject to hydrolysis) is 2. The van der Waals surface area contributed by atoms with Crippen LogP contribution >= 0.6 is 0 Å². The third-order valence-corrected chi connectivity index (χ3v) is 10.8. The normalized spacial score (nSPS) is 16.6. The number of amides is 6. The van der Waals surface area contributed by atoms with Gasteiger partial charge in [-0.1, -0.05) is 38.1 Å². The summed E-state index contributed by atoms with van der Waals surface area (Å²) < 4.78 is 25.3. The van der Waals surface area contributed by atoms with Crippen LogP contribution < -0.4 is 26.8 Å². The van der Waals surface area contributed by atoms with Crippen molar-refractivity contribution in [3.8, 4) is 28.2 Å². The zero-order valence-electron chi connectivity index (χ0n) is 33.9. The van der Waals surface area contributed by atoms with Gasteiger partial charge in [-0.25, -0.2) is 24.8 Å². The zero-order chi connectivity index (χ0) is 43.1. The van der Waals surface area contributed by atoms with Crippen LogP contribution in [0.2, 0.25) is 0 Å². The highest BCUT2D eigenvalue weighted by Crippen LogP contribution is 2.34. The number of likely N-dealkylation sites (tertiary alicyclic amines) is 2. The van der Waals surface area contributed by atoms with Crippen molar-refractivity contribution in [2.24, 2.45) is 11.8 Å². The van der Waals surface area contributed by atoms with Crippen LogP contribution in [0.3, 0.4) is 0 Å². The number of hydrazine groups is 1. The molecule has 0 aliphatic carbocycles. The second-order valence-corrected chi connectivity index (χ2v) is 14.9. The summed E-state index contributed by atoms with van der Waals surface area (Å²) in [7, 11) is 2.42. The fourth-order valence-electron chi connectivity index (χ4n) is 7.61. The van der Waals surface area contributed by atoms with Crippen molar-refractivity contribution < 1.29 is 42.6 Å². The Morgan fingerprint density at radius 1 is 0.767 bits per heavy atom. The van der Waals surface area contributed by atoms with Crippen LogP contribution in [0.15, 0.2) is 84.9 Å². The van der Waals surface area contributed by atoms with Gasteiger partial charge in [0.05, 0.1) is 31.3 Å². The van der Waals surface area contributed by atoms with Gasteiger partial charge in [0, 0.05) is 24.5 Å². The number of halogens is 1. The highest BCUT2D eigenvalue weighted by molar-refractivity contribution is 6.00. The summed E-state index contributed by atoms with van der Waals surface area (Å²) in [6.45, 7) is 4.04. The molecule has 2 fully saturated rings. The number of anilines is 2. The molecule has 3 heterocycles. The lowest BCUT2D eigenvalue weighted by molar-refractivity contribution is -0.139. The molecule has 0 spiro atoms. The molecule has 2 saturated heterocycles. The molecule has 316 valence electrons. The lowest BCUT2D eigenvalue weighted by Gasteiger charge is -2.30. The molecule has 1 unspecified atom stereocenters. The van der Waals surface area contributed by atoms with Crippen molar-refractivity contribution in [3.63, 3.8) is 0 Å². The molecule has 5 N–H and O–H groups in total. The molecule has 3 aromatic carbocycles. The van der Waals surface area contributed by atoms with Gasteiger partial charge in [-0.2, -0.15) is 0 Å². The van der Waals surface area contributed by atoms with Gasteiger partial charge >= 0.3 is 12.2 Å². The second-order valence-electron chi connectivity index (χ2n) is 14.9. The van der Waals surface area contributed by atoms with E-state index in [2.05, 4.69) is 20.7 Å². The van der Waals surface area contributed by atoms with Crippen LogP contribution in [-0.4, -0.2) is 102 Å². The number of hydrogen-bond donors (Lipinski definition) is 4. The molecule has 60 heavy (non-hydrogen) atoms.